The molecule has 0 saturated heterocycles. The molecule has 0 amide bonds. The third kappa shape index (κ3) is 2.57. The second-order valence-electron chi connectivity index (χ2n) is 7.30. The van der Waals surface area contributed by atoms with E-state index in [4.69, 9.17) is 9.40 Å². The van der Waals surface area contributed by atoms with Gasteiger partial charge in [-0.15, -0.1) is 0 Å². The first-order chi connectivity index (χ1) is 12.1. The zero-order chi connectivity index (χ0) is 17.6. The lowest BCUT2D eigenvalue weighted by Gasteiger charge is -2.18. The van der Waals surface area contributed by atoms with Crippen molar-refractivity contribution in [1.82, 2.24) is 15.0 Å². The fourth-order valence-corrected chi connectivity index (χ4v) is 4.07. The molecule has 0 aliphatic heterocycles. The number of hydrogen-bond donors (Lipinski definition) is 0. The van der Waals surface area contributed by atoms with E-state index in [9.17, 15) is 0 Å². The molecular weight excluding hydrogens is 312 g/mol. The Balaban J connectivity index is 2.01. The first-order valence-corrected chi connectivity index (χ1v) is 9.46. The third-order valence-electron chi connectivity index (χ3n) is 5.20. The summed E-state index contributed by atoms with van der Waals surface area (Å²) >= 11 is 0. The number of pyridine rings is 1. The summed E-state index contributed by atoms with van der Waals surface area (Å²) in [4.78, 5) is 16.2. The summed E-state index contributed by atoms with van der Waals surface area (Å²) in [6.07, 6.45) is 6.08. The van der Waals surface area contributed by atoms with Crippen LogP contribution in [0.5, 0.6) is 0 Å². The van der Waals surface area contributed by atoms with Gasteiger partial charge in [0.15, 0.2) is 11.4 Å². The van der Waals surface area contributed by atoms with E-state index in [0.717, 1.165) is 60.4 Å². The molecule has 0 atom stereocenters. The van der Waals surface area contributed by atoms with Crippen LogP contribution in [0.1, 0.15) is 50.9 Å². The quantitative estimate of drug-likeness (QED) is 0.694. The SMILES string of the molecule is CCN(CC)c1ncnc2c1oc1nc(CC(C)C)c3c(c12)CCC3. The van der Waals surface area contributed by atoms with E-state index in [0.29, 0.717) is 5.92 Å². The fourth-order valence-electron chi connectivity index (χ4n) is 4.07. The molecule has 0 bridgehead atoms. The molecular formula is C20H26N4O. The van der Waals surface area contributed by atoms with Gasteiger partial charge in [-0.05, 0) is 56.6 Å². The lowest BCUT2D eigenvalue weighted by molar-refractivity contribution is 0.615. The van der Waals surface area contributed by atoms with Gasteiger partial charge < -0.3 is 9.32 Å². The molecule has 1 aliphatic carbocycles. The van der Waals surface area contributed by atoms with Gasteiger partial charge in [0.05, 0.1) is 5.39 Å². The molecule has 0 saturated carbocycles. The van der Waals surface area contributed by atoms with E-state index in [1.54, 1.807) is 6.33 Å². The molecule has 0 spiro atoms. The van der Waals surface area contributed by atoms with Crippen molar-refractivity contribution < 1.29 is 4.42 Å². The van der Waals surface area contributed by atoms with Gasteiger partial charge in [-0.2, -0.15) is 0 Å². The molecule has 3 aromatic heterocycles. The van der Waals surface area contributed by atoms with Crippen molar-refractivity contribution in [3.05, 3.63) is 23.1 Å². The van der Waals surface area contributed by atoms with Crippen LogP contribution in [-0.2, 0) is 19.3 Å². The summed E-state index contributed by atoms with van der Waals surface area (Å²) in [6, 6.07) is 0. The summed E-state index contributed by atoms with van der Waals surface area (Å²) < 4.78 is 6.24. The first kappa shape index (κ1) is 16.3. The Labute approximate surface area is 148 Å². The molecule has 5 heteroatoms. The molecule has 25 heavy (non-hydrogen) atoms. The molecule has 0 unspecified atom stereocenters. The zero-order valence-corrected chi connectivity index (χ0v) is 15.6. The average Bonchev–Trinajstić information content (AvgIpc) is 3.19. The minimum atomic E-state index is 0.588. The van der Waals surface area contributed by atoms with Crippen LogP contribution in [0.25, 0.3) is 22.2 Å². The van der Waals surface area contributed by atoms with Crippen molar-refractivity contribution in [2.45, 2.75) is 53.4 Å². The lowest BCUT2D eigenvalue weighted by Crippen LogP contribution is -2.23. The van der Waals surface area contributed by atoms with E-state index in [1.807, 2.05) is 0 Å². The van der Waals surface area contributed by atoms with E-state index in [1.165, 1.54) is 23.2 Å². The van der Waals surface area contributed by atoms with Crippen molar-refractivity contribution in [3.8, 4) is 0 Å². The average molecular weight is 338 g/mol. The number of furan rings is 1. The van der Waals surface area contributed by atoms with Gasteiger partial charge in [0, 0.05) is 18.8 Å². The highest BCUT2D eigenvalue weighted by molar-refractivity contribution is 6.06. The maximum atomic E-state index is 6.24. The summed E-state index contributed by atoms with van der Waals surface area (Å²) in [7, 11) is 0. The normalized spacial score (nSPS) is 14.0. The van der Waals surface area contributed by atoms with Crippen molar-refractivity contribution in [2.24, 2.45) is 5.92 Å². The van der Waals surface area contributed by atoms with E-state index in [2.05, 4.69) is 42.6 Å². The highest BCUT2D eigenvalue weighted by atomic mass is 16.3. The molecule has 0 aromatic carbocycles. The zero-order valence-electron chi connectivity index (χ0n) is 15.6. The van der Waals surface area contributed by atoms with Gasteiger partial charge in [0.1, 0.15) is 11.8 Å². The third-order valence-corrected chi connectivity index (χ3v) is 5.20. The Morgan fingerprint density at radius 3 is 2.60 bits per heavy atom. The summed E-state index contributed by atoms with van der Waals surface area (Å²) in [5.41, 5.74) is 6.50. The monoisotopic (exact) mass is 338 g/mol. The summed E-state index contributed by atoms with van der Waals surface area (Å²) in [5.74, 6) is 1.47. The number of anilines is 1. The highest BCUT2D eigenvalue weighted by Gasteiger charge is 2.26. The first-order valence-electron chi connectivity index (χ1n) is 9.46. The second kappa shape index (κ2) is 6.28. The lowest BCUT2D eigenvalue weighted by atomic mass is 9.99. The molecule has 132 valence electrons. The highest BCUT2D eigenvalue weighted by Crippen LogP contribution is 2.39. The Bertz CT molecular complexity index is 924. The molecule has 1 aliphatic rings. The number of hydrogen-bond acceptors (Lipinski definition) is 5. The molecule has 3 heterocycles. The molecule has 3 aromatic rings. The van der Waals surface area contributed by atoms with Gasteiger partial charge in [-0.25, -0.2) is 15.0 Å². The number of rotatable bonds is 5. The molecule has 5 nitrogen and oxygen atoms in total. The van der Waals surface area contributed by atoms with Gasteiger partial charge in [0.2, 0.25) is 5.71 Å². The Morgan fingerprint density at radius 2 is 1.88 bits per heavy atom. The van der Waals surface area contributed by atoms with Crippen LogP contribution in [0, 0.1) is 5.92 Å². The van der Waals surface area contributed by atoms with Crippen LogP contribution in [0.15, 0.2) is 10.7 Å². The van der Waals surface area contributed by atoms with Gasteiger partial charge in [-0.1, -0.05) is 13.8 Å². The van der Waals surface area contributed by atoms with Crippen LogP contribution in [0.4, 0.5) is 5.82 Å². The Hall–Kier alpha value is -2.17. The summed E-state index contributed by atoms with van der Waals surface area (Å²) in [6.45, 7) is 10.5. The predicted molar refractivity (Wildman–Crippen MR) is 101 cm³/mol. The maximum absolute atomic E-state index is 6.24. The molecule has 0 radical (unpaired) electrons. The van der Waals surface area contributed by atoms with Gasteiger partial charge in [-0.3, -0.25) is 0 Å². The Morgan fingerprint density at radius 1 is 1.12 bits per heavy atom. The maximum Gasteiger partial charge on any atom is 0.229 e. The predicted octanol–water partition coefficient (Wildman–Crippen LogP) is 4.30. The number of fused-ring (bicyclic) bond motifs is 5. The van der Waals surface area contributed by atoms with Crippen LogP contribution in [0.2, 0.25) is 0 Å². The van der Waals surface area contributed by atoms with Gasteiger partial charge >= 0.3 is 0 Å². The smallest absolute Gasteiger partial charge is 0.229 e. The largest absolute Gasteiger partial charge is 0.432 e. The van der Waals surface area contributed by atoms with E-state index < -0.39 is 0 Å². The topological polar surface area (TPSA) is 55.1 Å². The minimum Gasteiger partial charge on any atom is -0.432 e. The van der Waals surface area contributed by atoms with Crippen LogP contribution in [0.3, 0.4) is 0 Å². The molecule has 0 N–H and O–H groups in total. The Kier molecular flexibility index (Phi) is 4.10. The number of aryl methyl sites for hydroxylation is 1. The van der Waals surface area contributed by atoms with Crippen LogP contribution >= 0.6 is 0 Å². The van der Waals surface area contributed by atoms with Crippen LogP contribution in [-0.4, -0.2) is 28.0 Å². The van der Waals surface area contributed by atoms with Crippen molar-refractivity contribution in [2.75, 3.05) is 18.0 Å². The second-order valence-corrected chi connectivity index (χ2v) is 7.30. The van der Waals surface area contributed by atoms with Crippen molar-refractivity contribution in [1.29, 1.82) is 0 Å². The number of aromatic nitrogens is 3. The molecule has 4 rings (SSSR count). The van der Waals surface area contributed by atoms with Crippen LogP contribution < -0.4 is 4.90 Å². The van der Waals surface area contributed by atoms with E-state index in [-0.39, 0.29) is 0 Å². The van der Waals surface area contributed by atoms with Crippen molar-refractivity contribution in [3.63, 3.8) is 0 Å². The minimum absolute atomic E-state index is 0.588. The van der Waals surface area contributed by atoms with Gasteiger partial charge in [0.25, 0.3) is 0 Å². The fraction of sp³-hybridized carbons (Fsp3) is 0.550. The van der Waals surface area contributed by atoms with E-state index >= 15 is 0 Å². The number of nitrogens with zero attached hydrogens (tertiary/aromatic N) is 4. The standard InChI is InChI=1S/C20H26N4O/c1-5-24(6-2)19-18-17(21-11-22-19)16-14-9-7-8-13(14)15(10-12(3)4)23-20(16)25-18/h11-12H,5-10H2,1-4H3. The van der Waals surface area contributed by atoms with Crippen molar-refractivity contribution >= 4 is 28.0 Å². The molecule has 0 fully saturated rings. The summed E-state index contributed by atoms with van der Waals surface area (Å²) in [5, 5.41) is 1.12.